The largest absolute Gasteiger partial charge is 0.409 e. The first-order valence-corrected chi connectivity index (χ1v) is 12.8. The summed E-state index contributed by atoms with van der Waals surface area (Å²) in [5, 5.41) is 3.74. The van der Waals surface area contributed by atoms with Gasteiger partial charge in [-0.15, -0.1) is 0 Å². The molecule has 0 aliphatic rings. The fraction of sp³-hybridized carbons (Fsp3) is 0.261. The number of nitrogens with zero attached hydrogens (tertiary/aromatic N) is 1. The Bertz CT molecular complexity index is 765. The highest BCUT2D eigenvalue weighted by molar-refractivity contribution is 6.69. The molecule has 3 nitrogen and oxygen atoms in total. The zero-order valence-corrected chi connectivity index (χ0v) is 17.3. The smallest absolute Gasteiger partial charge is 0.184 e. The van der Waals surface area contributed by atoms with Gasteiger partial charge in [-0.3, -0.25) is 4.98 Å². The van der Waals surface area contributed by atoms with Gasteiger partial charge in [0, 0.05) is 18.9 Å². The van der Waals surface area contributed by atoms with Crippen LogP contribution in [0.5, 0.6) is 0 Å². The lowest BCUT2D eigenvalue weighted by atomic mass is 9.98. The normalized spacial score (nSPS) is 12.9. The van der Waals surface area contributed by atoms with Gasteiger partial charge in [0.15, 0.2) is 8.32 Å². The average Bonchev–Trinajstić information content (AvgIpc) is 2.69. The van der Waals surface area contributed by atoms with Crippen LogP contribution in [-0.4, -0.2) is 19.8 Å². The summed E-state index contributed by atoms with van der Waals surface area (Å²) >= 11 is 0. The first-order valence-electron chi connectivity index (χ1n) is 9.44. The minimum atomic E-state index is -1.70. The molecule has 1 N–H and O–H groups in total. The molecule has 1 atom stereocenters. The quantitative estimate of drug-likeness (QED) is 0.538. The van der Waals surface area contributed by atoms with Gasteiger partial charge >= 0.3 is 0 Å². The summed E-state index contributed by atoms with van der Waals surface area (Å²) in [5.74, 6) is 0. The van der Waals surface area contributed by atoms with E-state index >= 15 is 0 Å². The third kappa shape index (κ3) is 5.86. The van der Waals surface area contributed by atoms with Crippen molar-refractivity contribution in [2.24, 2.45) is 0 Å². The fourth-order valence-electron chi connectivity index (χ4n) is 3.16. The molecular weight excluding hydrogens is 348 g/mol. The zero-order chi connectivity index (χ0) is 19.1. The molecule has 0 fully saturated rings. The van der Waals surface area contributed by atoms with Crippen LogP contribution in [0.3, 0.4) is 0 Å². The molecule has 3 rings (SSSR count). The topological polar surface area (TPSA) is 34.1 Å². The van der Waals surface area contributed by atoms with Crippen molar-refractivity contribution < 1.29 is 4.43 Å². The Morgan fingerprint density at radius 2 is 1.37 bits per heavy atom. The Balaban J connectivity index is 1.84. The molecule has 0 aliphatic carbocycles. The average molecular weight is 377 g/mol. The molecule has 0 saturated carbocycles. The molecule has 0 radical (unpaired) electrons. The molecular formula is C23H28N2OSi. The van der Waals surface area contributed by atoms with Crippen LogP contribution in [-0.2, 0) is 4.43 Å². The Hall–Kier alpha value is -2.27. The Morgan fingerprint density at radius 1 is 0.815 bits per heavy atom. The van der Waals surface area contributed by atoms with Crippen molar-refractivity contribution in [1.82, 2.24) is 10.3 Å². The summed E-state index contributed by atoms with van der Waals surface area (Å²) in [6.07, 6.45) is 3.70. The van der Waals surface area contributed by atoms with E-state index in [1.165, 1.54) is 11.1 Å². The highest BCUT2D eigenvalue weighted by Gasteiger charge is 2.24. The van der Waals surface area contributed by atoms with E-state index < -0.39 is 8.32 Å². The summed E-state index contributed by atoms with van der Waals surface area (Å²) in [4.78, 5) is 4.29. The van der Waals surface area contributed by atoms with Gasteiger partial charge in [-0.1, -0.05) is 66.7 Å². The number of pyridine rings is 1. The number of hydrogen-bond donors (Lipinski definition) is 1. The standard InChI is InChI=1S/C23H28N2OSi/c1-27(2,3)26-22(21-15-10-16-24-17-21)18-25-23(19-11-6-4-7-12-19)20-13-8-5-9-14-20/h4-17,22-23,25H,18H2,1-3H3. The van der Waals surface area contributed by atoms with E-state index in [2.05, 4.69) is 96.7 Å². The van der Waals surface area contributed by atoms with Gasteiger partial charge in [0.1, 0.15) is 0 Å². The van der Waals surface area contributed by atoms with E-state index in [9.17, 15) is 0 Å². The van der Waals surface area contributed by atoms with Gasteiger partial charge in [-0.25, -0.2) is 0 Å². The van der Waals surface area contributed by atoms with E-state index in [1.807, 2.05) is 12.3 Å². The molecule has 4 heteroatoms. The molecule has 0 bridgehead atoms. The monoisotopic (exact) mass is 376 g/mol. The third-order valence-corrected chi connectivity index (χ3v) is 5.32. The van der Waals surface area contributed by atoms with Gasteiger partial charge in [-0.05, 0) is 42.4 Å². The summed E-state index contributed by atoms with van der Waals surface area (Å²) in [5.41, 5.74) is 3.62. The van der Waals surface area contributed by atoms with Gasteiger partial charge in [0.05, 0.1) is 12.1 Å². The molecule has 1 unspecified atom stereocenters. The van der Waals surface area contributed by atoms with Gasteiger partial charge in [0.2, 0.25) is 0 Å². The van der Waals surface area contributed by atoms with Crippen molar-refractivity contribution in [3.63, 3.8) is 0 Å². The van der Waals surface area contributed by atoms with Crippen molar-refractivity contribution in [3.8, 4) is 0 Å². The third-order valence-electron chi connectivity index (χ3n) is 4.33. The summed E-state index contributed by atoms with van der Waals surface area (Å²) < 4.78 is 6.48. The SMILES string of the molecule is C[Si](C)(C)OC(CNC(c1ccccc1)c1ccccc1)c1cccnc1. The molecule has 1 heterocycles. The lowest BCUT2D eigenvalue weighted by Crippen LogP contribution is -2.35. The molecule has 140 valence electrons. The zero-order valence-electron chi connectivity index (χ0n) is 16.3. The maximum absolute atomic E-state index is 6.48. The van der Waals surface area contributed by atoms with Crippen LogP contribution >= 0.6 is 0 Å². The molecule has 0 aliphatic heterocycles. The van der Waals surface area contributed by atoms with Gasteiger partial charge in [0.25, 0.3) is 0 Å². The number of aromatic nitrogens is 1. The van der Waals surface area contributed by atoms with Crippen LogP contribution < -0.4 is 5.32 Å². The number of hydrogen-bond acceptors (Lipinski definition) is 3. The van der Waals surface area contributed by atoms with Gasteiger partial charge < -0.3 is 9.74 Å². The van der Waals surface area contributed by atoms with Crippen LogP contribution in [0.2, 0.25) is 19.6 Å². The predicted molar refractivity (Wildman–Crippen MR) is 114 cm³/mol. The number of nitrogens with one attached hydrogen (secondary N) is 1. The summed E-state index contributed by atoms with van der Waals surface area (Å²) in [7, 11) is -1.70. The minimum Gasteiger partial charge on any atom is -0.409 e. The second kappa shape index (κ2) is 9.09. The van der Waals surface area contributed by atoms with E-state index in [0.29, 0.717) is 0 Å². The second-order valence-electron chi connectivity index (χ2n) is 7.67. The van der Waals surface area contributed by atoms with Crippen LogP contribution in [0, 0.1) is 0 Å². The number of benzene rings is 2. The van der Waals surface area contributed by atoms with Crippen molar-refractivity contribution in [2.75, 3.05) is 6.54 Å². The number of rotatable bonds is 8. The molecule has 2 aromatic carbocycles. The first-order chi connectivity index (χ1) is 13.0. The molecule has 0 spiro atoms. The summed E-state index contributed by atoms with van der Waals surface area (Å²) in [6.45, 7) is 7.40. The summed E-state index contributed by atoms with van der Waals surface area (Å²) in [6, 6.07) is 25.3. The van der Waals surface area contributed by atoms with Crippen molar-refractivity contribution in [2.45, 2.75) is 31.8 Å². The highest BCUT2D eigenvalue weighted by atomic mass is 28.4. The molecule has 0 saturated heterocycles. The van der Waals surface area contributed by atoms with Gasteiger partial charge in [-0.2, -0.15) is 0 Å². The molecule has 27 heavy (non-hydrogen) atoms. The van der Waals surface area contributed by atoms with Crippen molar-refractivity contribution >= 4 is 8.32 Å². The van der Waals surface area contributed by atoms with E-state index in [1.54, 1.807) is 6.20 Å². The Morgan fingerprint density at radius 3 is 1.85 bits per heavy atom. The lowest BCUT2D eigenvalue weighted by molar-refractivity contribution is 0.190. The second-order valence-corrected chi connectivity index (χ2v) is 12.1. The first kappa shape index (κ1) is 19.5. The minimum absolute atomic E-state index is 0.0136. The maximum atomic E-state index is 6.48. The highest BCUT2D eigenvalue weighted by Crippen LogP contribution is 2.25. The van der Waals surface area contributed by atoms with Crippen molar-refractivity contribution in [1.29, 1.82) is 0 Å². The van der Waals surface area contributed by atoms with E-state index in [-0.39, 0.29) is 12.1 Å². The van der Waals surface area contributed by atoms with Crippen LogP contribution in [0.4, 0.5) is 0 Å². The van der Waals surface area contributed by atoms with Crippen molar-refractivity contribution in [3.05, 3.63) is 102 Å². The molecule has 1 aromatic heterocycles. The Labute approximate surface area is 163 Å². The molecule has 3 aromatic rings. The molecule has 0 amide bonds. The van der Waals surface area contributed by atoms with Crippen LogP contribution in [0.15, 0.2) is 85.2 Å². The lowest BCUT2D eigenvalue weighted by Gasteiger charge is -2.29. The van der Waals surface area contributed by atoms with Crippen LogP contribution in [0.25, 0.3) is 0 Å². The van der Waals surface area contributed by atoms with E-state index in [4.69, 9.17) is 4.43 Å². The van der Waals surface area contributed by atoms with Crippen LogP contribution in [0.1, 0.15) is 28.8 Å². The predicted octanol–water partition coefficient (Wildman–Crippen LogP) is 5.35. The van der Waals surface area contributed by atoms with E-state index in [0.717, 1.165) is 12.1 Å². The maximum Gasteiger partial charge on any atom is 0.184 e. The fourth-order valence-corrected chi connectivity index (χ4v) is 4.24. The Kier molecular flexibility index (Phi) is 6.56.